The first-order chi connectivity index (χ1) is 15.9. The molecule has 3 aromatic carbocycles. The summed E-state index contributed by atoms with van der Waals surface area (Å²) in [5, 5.41) is 32.1. The number of carbonyl (C=O) groups excluding carboxylic acids is 1. The van der Waals surface area contributed by atoms with Crippen molar-refractivity contribution in [3.8, 4) is 11.1 Å². The lowest BCUT2D eigenvalue weighted by Gasteiger charge is -2.20. The van der Waals surface area contributed by atoms with Gasteiger partial charge in [-0.2, -0.15) is 0 Å². The number of aromatic carboxylic acids is 1. The van der Waals surface area contributed by atoms with Gasteiger partial charge in [0, 0.05) is 18.2 Å². The maximum Gasteiger partial charge on any atom is 0.407 e. The van der Waals surface area contributed by atoms with Gasteiger partial charge >= 0.3 is 12.1 Å². The van der Waals surface area contributed by atoms with Crippen molar-refractivity contribution < 1.29 is 29.6 Å². The highest BCUT2D eigenvalue weighted by Crippen LogP contribution is 2.44. The van der Waals surface area contributed by atoms with Gasteiger partial charge < -0.3 is 31.1 Å². The topological polar surface area (TPSA) is 142 Å². The van der Waals surface area contributed by atoms with E-state index in [1.807, 2.05) is 48.5 Å². The number of alkyl carbamates (subject to hydrolysis) is 1. The molecule has 0 heterocycles. The van der Waals surface area contributed by atoms with Crippen molar-refractivity contribution >= 4 is 17.7 Å². The number of hydrogen-bond acceptors (Lipinski definition) is 6. The average molecular weight is 448 g/mol. The molecule has 2 unspecified atom stereocenters. The molecule has 0 radical (unpaired) electrons. The molecule has 1 aliphatic carbocycles. The zero-order chi connectivity index (χ0) is 23.5. The quantitative estimate of drug-likeness (QED) is 0.350. The number of carbonyl (C=O) groups is 2. The summed E-state index contributed by atoms with van der Waals surface area (Å²) >= 11 is 0. The molecule has 8 heteroatoms. The SMILES string of the molecule is Nc1cc(C(O)C(O)CNC(=O)OCC2c3ccccc3-c3ccccc32)ccc1C(=O)O. The van der Waals surface area contributed by atoms with Crippen molar-refractivity contribution in [2.75, 3.05) is 18.9 Å². The summed E-state index contributed by atoms with van der Waals surface area (Å²) in [5.41, 5.74) is 10.2. The van der Waals surface area contributed by atoms with Crippen LogP contribution in [0.5, 0.6) is 0 Å². The molecule has 0 saturated carbocycles. The molecular formula is C25H24N2O6. The van der Waals surface area contributed by atoms with Crippen LogP contribution in [0.15, 0.2) is 66.7 Å². The number of carboxylic acids is 1. The van der Waals surface area contributed by atoms with E-state index in [2.05, 4.69) is 5.32 Å². The third kappa shape index (κ3) is 4.52. The van der Waals surface area contributed by atoms with E-state index in [-0.39, 0.29) is 35.9 Å². The lowest BCUT2D eigenvalue weighted by atomic mass is 9.98. The van der Waals surface area contributed by atoms with Gasteiger partial charge in [-0.1, -0.05) is 54.6 Å². The predicted molar refractivity (Wildman–Crippen MR) is 122 cm³/mol. The molecule has 0 fully saturated rings. The minimum Gasteiger partial charge on any atom is -0.478 e. The Kier molecular flexibility index (Phi) is 6.30. The fourth-order valence-corrected chi connectivity index (χ4v) is 4.13. The summed E-state index contributed by atoms with van der Waals surface area (Å²) in [5.74, 6) is -1.28. The summed E-state index contributed by atoms with van der Waals surface area (Å²) < 4.78 is 5.41. The van der Waals surface area contributed by atoms with Crippen LogP contribution in [0.1, 0.15) is 39.1 Å². The smallest absolute Gasteiger partial charge is 0.407 e. The molecule has 3 aromatic rings. The van der Waals surface area contributed by atoms with E-state index in [9.17, 15) is 19.8 Å². The Labute approximate surface area is 190 Å². The van der Waals surface area contributed by atoms with Gasteiger partial charge in [-0.3, -0.25) is 0 Å². The van der Waals surface area contributed by atoms with E-state index in [4.69, 9.17) is 15.6 Å². The van der Waals surface area contributed by atoms with Gasteiger partial charge in [0.05, 0.1) is 5.56 Å². The van der Waals surface area contributed by atoms with Crippen molar-refractivity contribution in [1.82, 2.24) is 5.32 Å². The molecule has 0 bridgehead atoms. The fraction of sp³-hybridized carbons (Fsp3) is 0.200. The number of aliphatic hydroxyl groups is 2. The second-order valence-electron chi connectivity index (χ2n) is 7.87. The van der Waals surface area contributed by atoms with Crippen LogP contribution in [0.4, 0.5) is 10.5 Å². The number of rotatable bonds is 7. The molecule has 6 N–H and O–H groups in total. The number of aliphatic hydroxyl groups excluding tert-OH is 2. The van der Waals surface area contributed by atoms with Gasteiger partial charge in [-0.25, -0.2) is 9.59 Å². The maximum absolute atomic E-state index is 12.2. The number of nitrogen functional groups attached to an aromatic ring is 1. The highest BCUT2D eigenvalue weighted by atomic mass is 16.5. The summed E-state index contributed by atoms with van der Waals surface area (Å²) in [7, 11) is 0. The molecule has 2 atom stereocenters. The van der Waals surface area contributed by atoms with Crippen molar-refractivity contribution in [2.45, 2.75) is 18.1 Å². The minimum absolute atomic E-state index is 0.0317. The average Bonchev–Trinajstić information content (AvgIpc) is 3.14. The van der Waals surface area contributed by atoms with Crippen LogP contribution in [-0.2, 0) is 4.74 Å². The van der Waals surface area contributed by atoms with Crippen LogP contribution in [0.2, 0.25) is 0 Å². The number of nitrogens with one attached hydrogen (secondary N) is 1. The first-order valence-electron chi connectivity index (χ1n) is 10.4. The zero-order valence-corrected chi connectivity index (χ0v) is 17.6. The Balaban J connectivity index is 1.34. The van der Waals surface area contributed by atoms with Crippen LogP contribution >= 0.6 is 0 Å². The number of benzene rings is 3. The van der Waals surface area contributed by atoms with Gasteiger partial charge in [-0.15, -0.1) is 0 Å². The molecule has 0 aliphatic heterocycles. The molecule has 0 aromatic heterocycles. The molecule has 0 spiro atoms. The van der Waals surface area contributed by atoms with E-state index < -0.39 is 24.3 Å². The number of hydrogen-bond donors (Lipinski definition) is 5. The molecule has 8 nitrogen and oxygen atoms in total. The van der Waals surface area contributed by atoms with Crippen molar-refractivity contribution in [2.24, 2.45) is 0 Å². The first kappa shape index (κ1) is 22.3. The number of fused-ring (bicyclic) bond motifs is 3. The van der Waals surface area contributed by atoms with Gasteiger partial charge in [-0.05, 0) is 39.9 Å². The summed E-state index contributed by atoms with van der Waals surface area (Å²) in [6, 6.07) is 19.9. The largest absolute Gasteiger partial charge is 0.478 e. The van der Waals surface area contributed by atoms with Gasteiger partial charge in [0.15, 0.2) is 0 Å². The zero-order valence-electron chi connectivity index (χ0n) is 17.6. The standard InChI is InChI=1S/C25H24N2O6/c26-21-11-14(9-10-19(21)24(30)31)23(29)22(28)12-27-25(32)33-13-20-17-7-3-1-5-15(17)16-6-2-4-8-18(16)20/h1-11,20,22-23,28-29H,12-13,26H2,(H,27,32)(H,30,31). The van der Waals surface area contributed by atoms with Gasteiger partial charge in [0.2, 0.25) is 0 Å². The fourth-order valence-electron chi connectivity index (χ4n) is 4.13. The van der Waals surface area contributed by atoms with Crippen molar-refractivity contribution in [3.05, 3.63) is 89.0 Å². The van der Waals surface area contributed by atoms with Crippen LogP contribution in [0, 0.1) is 0 Å². The van der Waals surface area contributed by atoms with Crippen molar-refractivity contribution in [1.29, 1.82) is 0 Å². The lowest BCUT2D eigenvalue weighted by molar-refractivity contribution is 0.0185. The summed E-state index contributed by atoms with van der Waals surface area (Å²) in [6.45, 7) is -0.135. The number of ether oxygens (including phenoxy) is 1. The minimum atomic E-state index is -1.37. The Morgan fingerprint density at radius 1 is 0.970 bits per heavy atom. The molecule has 1 aliphatic rings. The Hall–Kier alpha value is -3.88. The predicted octanol–water partition coefficient (Wildman–Crippen LogP) is 2.90. The van der Waals surface area contributed by atoms with E-state index in [0.717, 1.165) is 22.3 Å². The summed E-state index contributed by atoms with van der Waals surface area (Å²) in [4.78, 5) is 23.3. The van der Waals surface area contributed by atoms with Crippen LogP contribution < -0.4 is 11.1 Å². The second-order valence-corrected chi connectivity index (χ2v) is 7.87. The molecule has 0 saturated heterocycles. The number of carboxylic acid groups (broad SMARTS) is 1. The monoisotopic (exact) mass is 448 g/mol. The van der Waals surface area contributed by atoms with Gasteiger partial charge in [0.1, 0.15) is 18.8 Å². The first-order valence-corrected chi connectivity index (χ1v) is 10.4. The lowest BCUT2D eigenvalue weighted by Crippen LogP contribution is -2.36. The van der Waals surface area contributed by atoms with E-state index in [1.165, 1.54) is 18.2 Å². The van der Waals surface area contributed by atoms with Gasteiger partial charge in [0.25, 0.3) is 0 Å². The Morgan fingerprint density at radius 3 is 2.15 bits per heavy atom. The normalized spacial score (nSPS) is 14.1. The van der Waals surface area contributed by atoms with Crippen molar-refractivity contribution in [3.63, 3.8) is 0 Å². The molecule has 170 valence electrons. The molecule has 1 amide bonds. The van der Waals surface area contributed by atoms with E-state index in [1.54, 1.807) is 0 Å². The highest BCUT2D eigenvalue weighted by Gasteiger charge is 2.29. The molecule has 33 heavy (non-hydrogen) atoms. The van der Waals surface area contributed by atoms with E-state index in [0.29, 0.717) is 0 Å². The molecule has 4 rings (SSSR count). The third-order valence-electron chi connectivity index (χ3n) is 5.81. The van der Waals surface area contributed by atoms with E-state index >= 15 is 0 Å². The summed E-state index contributed by atoms with van der Waals surface area (Å²) in [6.07, 6.45) is -3.44. The number of amides is 1. The highest BCUT2D eigenvalue weighted by molar-refractivity contribution is 5.93. The Morgan fingerprint density at radius 2 is 1.58 bits per heavy atom. The molecular weight excluding hydrogens is 424 g/mol. The third-order valence-corrected chi connectivity index (χ3v) is 5.81. The maximum atomic E-state index is 12.2. The second kappa shape index (κ2) is 9.32. The Bertz CT molecular complexity index is 1150. The van der Waals surface area contributed by atoms with Crippen LogP contribution in [0.25, 0.3) is 11.1 Å². The van der Waals surface area contributed by atoms with Crippen LogP contribution in [-0.4, -0.2) is 46.6 Å². The number of nitrogens with two attached hydrogens (primary N) is 1. The van der Waals surface area contributed by atoms with Crippen LogP contribution in [0.3, 0.4) is 0 Å². The number of anilines is 1.